The maximum absolute atomic E-state index is 13.6. The largest absolute Gasteiger partial charge is 0.497 e. The molecular weight excluding hydrogens is 476 g/mol. The summed E-state index contributed by atoms with van der Waals surface area (Å²) in [5.74, 6) is 0.732. The minimum absolute atomic E-state index is 0.0190. The third-order valence-electron chi connectivity index (χ3n) is 5.94. The molecule has 0 fully saturated rings. The molecule has 7 heteroatoms. The minimum Gasteiger partial charge on any atom is -0.497 e. The van der Waals surface area contributed by atoms with Crippen LogP contribution in [0.3, 0.4) is 0 Å². The molecule has 0 spiro atoms. The Kier molecular flexibility index (Phi) is 10.2. The van der Waals surface area contributed by atoms with Crippen LogP contribution in [0.2, 0.25) is 5.02 Å². The van der Waals surface area contributed by atoms with E-state index in [1.54, 1.807) is 48.4 Å². The van der Waals surface area contributed by atoms with Gasteiger partial charge in [-0.05, 0) is 60.9 Å². The summed E-state index contributed by atoms with van der Waals surface area (Å²) in [6.45, 7) is 3.97. The molecule has 6 nitrogen and oxygen atoms in total. The molecule has 0 radical (unpaired) electrons. The zero-order valence-electron chi connectivity index (χ0n) is 20.9. The van der Waals surface area contributed by atoms with E-state index in [2.05, 4.69) is 5.32 Å². The first-order valence-electron chi connectivity index (χ1n) is 12.0. The molecule has 3 rings (SSSR count). The van der Waals surface area contributed by atoms with Gasteiger partial charge in [0.2, 0.25) is 5.91 Å². The van der Waals surface area contributed by atoms with Gasteiger partial charge in [0, 0.05) is 24.0 Å². The van der Waals surface area contributed by atoms with E-state index < -0.39 is 6.04 Å². The SMILES string of the molecule is CC[C@@H](C)NC(=O)[C@H](Cc1ccccc1)N(Cc1cccc(Cl)c1)C(=O)COc1ccc(OC)cc1. The summed E-state index contributed by atoms with van der Waals surface area (Å²) in [6, 6.07) is 23.3. The zero-order valence-corrected chi connectivity index (χ0v) is 21.7. The normalized spacial score (nSPS) is 12.3. The lowest BCUT2D eigenvalue weighted by Crippen LogP contribution is -2.53. The number of hydrogen-bond donors (Lipinski definition) is 1. The van der Waals surface area contributed by atoms with Crippen LogP contribution in [0, 0.1) is 0 Å². The Morgan fingerprint density at radius 3 is 2.25 bits per heavy atom. The molecule has 0 aliphatic heterocycles. The fourth-order valence-corrected chi connectivity index (χ4v) is 3.94. The predicted octanol–water partition coefficient (Wildman–Crippen LogP) is 5.28. The molecule has 3 aromatic rings. The van der Waals surface area contributed by atoms with Crippen molar-refractivity contribution in [3.05, 3.63) is 95.0 Å². The summed E-state index contributed by atoms with van der Waals surface area (Å²) >= 11 is 6.22. The van der Waals surface area contributed by atoms with Crippen molar-refractivity contribution in [2.75, 3.05) is 13.7 Å². The molecule has 0 saturated heterocycles. The Labute approximate surface area is 218 Å². The van der Waals surface area contributed by atoms with Gasteiger partial charge in [-0.25, -0.2) is 0 Å². The molecule has 0 aromatic heterocycles. The average molecular weight is 509 g/mol. The number of rotatable bonds is 12. The van der Waals surface area contributed by atoms with Crippen LogP contribution in [-0.2, 0) is 22.6 Å². The highest BCUT2D eigenvalue weighted by molar-refractivity contribution is 6.30. The van der Waals surface area contributed by atoms with Crippen LogP contribution in [0.4, 0.5) is 0 Å². The van der Waals surface area contributed by atoms with Crippen molar-refractivity contribution in [2.24, 2.45) is 0 Å². The van der Waals surface area contributed by atoms with Crippen molar-refractivity contribution >= 4 is 23.4 Å². The van der Waals surface area contributed by atoms with E-state index in [0.717, 1.165) is 17.5 Å². The first kappa shape index (κ1) is 27.1. The van der Waals surface area contributed by atoms with Gasteiger partial charge in [-0.3, -0.25) is 9.59 Å². The number of halogens is 1. The van der Waals surface area contributed by atoms with Crippen molar-refractivity contribution in [3.63, 3.8) is 0 Å². The summed E-state index contributed by atoms with van der Waals surface area (Å²) in [6.07, 6.45) is 1.16. The second-order valence-electron chi connectivity index (χ2n) is 8.64. The molecule has 0 aliphatic rings. The van der Waals surface area contributed by atoms with Crippen LogP contribution < -0.4 is 14.8 Å². The van der Waals surface area contributed by atoms with Crippen LogP contribution >= 0.6 is 11.6 Å². The Hall–Kier alpha value is -3.51. The quantitative estimate of drug-likeness (QED) is 0.361. The lowest BCUT2D eigenvalue weighted by Gasteiger charge is -2.32. The highest BCUT2D eigenvalue weighted by atomic mass is 35.5. The fourth-order valence-electron chi connectivity index (χ4n) is 3.73. The van der Waals surface area contributed by atoms with Crippen molar-refractivity contribution in [3.8, 4) is 11.5 Å². The highest BCUT2D eigenvalue weighted by Gasteiger charge is 2.31. The predicted molar refractivity (Wildman–Crippen MR) is 142 cm³/mol. The number of carbonyl (C=O) groups excluding carboxylic acids is 2. The fraction of sp³-hybridized carbons (Fsp3) is 0.310. The summed E-state index contributed by atoms with van der Waals surface area (Å²) in [7, 11) is 1.59. The number of nitrogens with one attached hydrogen (secondary N) is 1. The van der Waals surface area contributed by atoms with E-state index >= 15 is 0 Å². The van der Waals surface area contributed by atoms with Crippen molar-refractivity contribution in [1.29, 1.82) is 0 Å². The molecular formula is C29H33ClN2O4. The molecule has 2 amide bonds. The summed E-state index contributed by atoms with van der Waals surface area (Å²) in [4.78, 5) is 28.6. The Morgan fingerprint density at radius 1 is 0.944 bits per heavy atom. The third-order valence-corrected chi connectivity index (χ3v) is 6.17. The monoisotopic (exact) mass is 508 g/mol. The van der Waals surface area contributed by atoms with E-state index in [4.69, 9.17) is 21.1 Å². The molecule has 0 heterocycles. The molecule has 0 aliphatic carbocycles. The number of benzene rings is 3. The molecule has 0 saturated carbocycles. The molecule has 2 atom stereocenters. The molecule has 0 bridgehead atoms. The van der Waals surface area contributed by atoms with Crippen molar-refractivity contribution in [2.45, 2.75) is 45.3 Å². The minimum atomic E-state index is -0.729. The standard InChI is InChI=1S/C29H33ClN2O4/c1-4-21(2)31-29(34)27(18-22-9-6-5-7-10-22)32(19-23-11-8-12-24(30)17-23)28(33)20-36-26-15-13-25(35-3)14-16-26/h5-17,21,27H,4,18-20H2,1-3H3,(H,31,34)/t21-,27+/m1/s1. The third kappa shape index (κ3) is 8.02. The highest BCUT2D eigenvalue weighted by Crippen LogP contribution is 2.20. The zero-order chi connectivity index (χ0) is 25.9. The van der Waals surface area contributed by atoms with Crippen LogP contribution in [-0.4, -0.2) is 42.5 Å². The van der Waals surface area contributed by atoms with Crippen LogP contribution in [0.15, 0.2) is 78.9 Å². The van der Waals surface area contributed by atoms with Gasteiger partial charge in [-0.15, -0.1) is 0 Å². The van der Waals surface area contributed by atoms with Crippen LogP contribution in [0.1, 0.15) is 31.4 Å². The maximum atomic E-state index is 13.6. The van der Waals surface area contributed by atoms with Gasteiger partial charge >= 0.3 is 0 Å². The van der Waals surface area contributed by atoms with Crippen molar-refractivity contribution < 1.29 is 19.1 Å². The van der Waals surface area contributed by atoms with E-state index in [-0.39, 0.29) is 31.0 Å². The van der Waals surface area contributed by atoms with Gasteiger partial charge in [-0.1, -0.05) is 61.0 Å². The summed E-state index contributed by atoms with van der Waals surface area (Å²) in [5.41, 5.74) is 1.79. The number of carbonyl (C=O) groups is 2. The van der Waals surface area contributed by atoms with Gasteiger partial charge in [0.05, 0.1) is 7.11 Å². The van der Waals surface area contributed by atoms with Crippen LogP contribution in [0.25, 0.3) is 0 Å². The number of methoxy groups -OCH3 is 1. The number of hydrogen-bond acceptors (Lipinski definition) is 4. The van der Waals surface area contributed by atoms with E-state index in [9.17, 15) is 9.59 Å². The number of nitrogens with zero attached hydrogens (tertiary/aromatic N) is 1. The lowest BCUT2D eigenvalue weighted by molar-refractivity contribution is -0.143. The first-order chi connectivity index (χ1) is 17.4. The second kappa shape index (κ2) is 13.5. The second-order valence-corrected chi connectivity index (χ2v) is 9.08. The Morgan fingerprint density at radius 2 is 1.61 bits per heavy atom. The molecule has 36 heavy (non-hydrogen) atoms. The molecule has 0 unspecified atom stereocenters. The average Bonchev–Trinajstić information content (AvgIpc) is 2.90. The molecule has 1 N–H and O–H groups in total. The summed E-state index contributed by atoms with van der Waals surface area (Å²) < 4.78 is 11.0. The first-order valence-corrected chi connectivity index (χ1v) is 12.4. The topological polar surface area (TPSA) is 67.9 Å². The van der Waals surface area contributed by atoms with Gasteiger partial charge in [0.15, 0.2) is 6.61 Å². The summed E-state index contributed by atoms with van der Waals surface area (Å²) in [5, 5.41) is 3.62. The van der Waals surface area contributed by atoms with Gasteiger partial charge < -0.3 is 19.7 Å². The van der Waals surface area contributed by atoms with Crippen molar-refractivity contribution in [1.82, 2.24) is 10.2 Å². The van der Waals surface area contributed by atoms with Gasteiger partial charge in [-0.2, -0.15) is 0 Å². The smallest absolute Gasteiger partial charge is 0.261 e. The molecule has 3 aromatic carbocycles. The number of ether oxygens (including phenoxy) is 2. The van der Waals surface area contributed by atoms with E-state index in [1.165, 1.54) is 0 Å². The maximum Gasteiger partial charge on any atom is 0.261 e. The van der Waals surface area contributed by atoms with E-state index in [1.807, 2.05) is 56.3 Å². The van der Waals surface area contributed by atoms with Gasteiger partial charge in [0.1, 0.15) is 17.5 Å². The van der Waals surface area contributed by atoms with Crippen LogP contribution in [0.5, 0.6) is 11.5 Å². The van der Waals surface area contributed by atoms with Gasteiger partial charge in [0.25, 0.3) is 5.91 Å². The lowest BCUT2D eigenvalue weighted by atomic mass is 10.0. The number of amides is 2. The molecule has 190 valence electrons. The van der Waals surface area contributed by atoms with E-state index in [0.29, 0.717) is 22.9 Å². The Balaban J connectivity index is 1.89. The Bertz CT molecular complexity index is 1120.